The predicted molar refractivity (Wildman–Crippen MR) is 182 cm³/mol. The molecule has 12 heteroatoms. The number of fused-ring (bicyclic) bond motifs is 2. The Labute approximate surface area is 277 Å². The van der Waals surface area contributed by atoms with Crippen LogP contribution in [0, 0.1) is 0 Å². The van der Waals surface area contributed by atoms with Crippen LogP contribution >= 0.6 is 22.7 Å². The Hall–Kier alpha value is -2.94. The van der Waals surface area contributed by atoms with Crippen molar-refractivity contribution in [3.8, 4) is 0 Å². The van der Waals surface area contributed by atoms with Crippen LogP contribution < -0.4 is 0 Å². The van der Waals surface area contributed by atoms with Gasteiger partial charge in [-0.3, -0.25) is 9.80 Å². The van der Waals surface area contributed by atoms with Gasteiger partial charge >= 0.3 is 11.9 Å². The first kappa shape index (κ1) is 35.9. The number of nitrogens with zero attached hydrogens (tertiary/aromatic N) is 2. The van der Waals surface area contributed by atoms with E-state index in [-0.39, 0.29) is 12.2 Å². The summed E-state index contributed by atoms with van der Waals surface area (Å²) in [6.07, 6.45) is 3.48. The molecular formula is C34H44N2O8S2. The highest BCUT2D eigenvalue weighted by atomic mass is 32.1. The highest BCUT2D eigenvalue weighted by molar-refractivity contribution is 7.17. The largest absolute Gasteiger partial charge is 0.473 e. The van der Waals surface area contributed by atoms with Crippen LogP contribution in [0.5, 0.6) is 0 Å². The van der Waals surface area contributed by atoms with Crippen LogP contribution in [0.2, 0.25) is 0 Å². The first-order valence-corrected chi connectivity index (χ1v) is 17.4. The number of carboxylic acid groups (broad SMARTS) is 2. The maximum absolute atomic E-state index is 9.44. The summed E-state index contributed by atoms with van der Waals surface area (Å²) in [6.45, 7) is 8.53. The highest BCUT2D eigenvalue weighted by Crippen LogP contribution is 2.23. The van der Waals surface area contributed by atoms with Crippen LogP contribution in [0.4, 0.5) is 0 Å². The molecule has 4 N–H and O–H groups in total. The van der Waals surface area contributed by atoms with Gasteiger partial charge in [0.15, 0.2) is 0 Å². The number of β-amino-alcohol motifs (C(OH)–C–C–N with tert-alkyl or cyclic N) is 2. The molecular weight excluding hydrogens is 629 g/mol. The van der Waals surface area contributed by atoms with E-state index in [2.05, 4.69) is 69.1 Å². The van der Waals surface area contributed by atoms with Gasteiger partial charge in [-0.15, -0.1) is 22.7 Å². The standard InChI is InChI=1S/2C16H21NO2S.C2H2O4/c2*18-15-3-6-17(12-15)7-9-19-8-4-13-1-2-14-5-10-20-16(14)11-13;3-1(4)2(5)6/h2*1-2,5,10-11,15,18H,3-4,6-9,12H2;(H,3,4)(H,5,6). The maximum atomic E-state index is 9.44. The maximum Gasteiger partial charge on any atom is 0.414 e. The molecule has 2 unspecified atom stereocenters. The predicted octanol–water partition coefficient (Wildman–Crippen LogP) is 4.21. The first-order valence-electron chi connectivity index (χ1n) is 15.6. The molecule has 2 atom stereocenters. The lowest BCUT2D eigenvalue weighted by molar-refractivity contribution is -0.159. The smallest absolute Gasteiger partial charge is 0.414 e. The molecule has 6 rings (SSSR count). The molecule has 0 bridgehead atoms. The summed E-state index contributed by atoms with van der Waals surface area (Å²) < 4.78 is 14.1. The Morgan fingerprint density at radius 1 is 0.674 bits per heavy atom. The van der Waals surface area contributed by atoms with Crippen molar-refractivity contribution in [2.24, 2.45) is 0 Å². The highest BCUT2D eigenvalue weighted by Gasteiger charge is 2.20. The molecule has 46 heavy (non-hydrogen) atoms. The Bertz CT molecular complexity index is 1400. The molecule has 2 aromatic carbocycles. The number of likely N-dealkylation sites (tertiary alicyclic amines) is 2. The zero-order valence-corrected chi connectivity index (χ0v) is 27.6. The number of aliphatic carboxylic acids is 2. The number of thiophene rings is 2. The molecule has 0 radical (unpaired) electrons. The zero-order valence-electron chi connectivity index (χ0n) is 26.0. The van der Waals surface area contributed by atoms with E-state index in [9.17, 15) is 10.2 Å². The summed E-state index contributed by atoms with van der Waals surface area (Å²) in [5, 5.41) is 40.6. The Kier molecular flexibility index (Phi) is 14.8. The van der Waals surface area contributed by atoms with E-state index in [4.69, 9.17) is 29.3 Å². The van der Waals surface area contributed by atoms with Gasteiger partial charge in [0, 0.05) is 48.7 Å². The Balaban J connectivity index is 0.000000178. The minimum atomic E-state index is -1.82. The van der Waals surface area contributed by atoms with Crippen LogP contribution in [0.3, 0.4) is 0 Å². The van der Waals surface area contributed by atoms with Crippen molar-refractivity contribution in [2.45, 2.75) is 37.9 Å². The van der Waals surface area contributed by atoms with E-state index >= 15 is 0 Å². The Morgan fingerprint density at radius 2 is 1.11 bits per heavy atom. The molecule has 4 heterocycles. The lowest BCUT2D eigenvalue weighted by atomic mass is 10.1. The second-order valence-corrected chi connectivity index (χ2v) is 13.3. The number of benzene rings is 2. The van der Waals surface area contributed by atoms with Gasteiger partial charge in [-0.1, -0.05) is 24.3 Å². The van der Waals surface area contributed by atoms with Crippen LogP contribution in [0.25, 0.3) is 20.2 Å². The van der Waals surface area contributed by atoms with Crippen molar-refractivity contribution in [1.82, 2.24) is 9.80 Å². The van der Waals surface area contributed by atoms with E-state index in [0.29, 0.717) is 0 Å². The number of aliphatic hydroxyl groups excluding tert-OH is 2. The van der Waals surface area contributed by atoms with E-state index in [0.717, 1.165) is 91.4 Å². The third kappa shape index (κ3) is 12.3. The summed E-state index contributed by atoms with van der Waals surface area (Å²) in [7, 11) is 0. The quantitative estimate of drug-likeness (QED) is 0.128. The normalized spacial score (nSPS) is 18.3. The van der Waals surface area contributed by atoms with Crippen molar-refractivity contribution >= 4 is 54.8 Å². The second-order valence-electron chi connectivity index (χ2n) is 11.4. The summed E-state index contributed by atoms with van der Waals surface area (Å²) in [5.74, 6) is -3.65. The number of carbonyl (C=O) groups is 2. The molecule has 0 aliphatic carbocycles. The van der Waals surface area contributed by atoms with Gasteiger partial charge in [0.2, 0.25) is 0 Å². The SMILES string of the molecule is O=C(O)C(=O)O.OC1CCN(CCOCCc2ccc3ccsc3c2)C1.OC1CCN(CCOCCc2ccc3ccsc3c2)C1. The lowest BCUT2D eigenvalue weighted by Gasteiger charge is -2.14. The van der Waals surface area contributed by atoms with Crippen molar-refractivity contribution < 1.29 is 39.5 Å². The van der Waals surface area contributed by atoms with E-state index in [1.54, 1.807) is 22.7 Å². The van der Waals surface area contributed by atoms with Crippen molar-refractivity contribution in [1.29, 1.82) is 0 Å². The summed E-state index contributed by atoms with van der Waals surface area (Å²) in [5.41, 5.74) is 2.69. The molecule has 2 aliphatic heterocycles. The average Bonchev–Trinajstić information content (AvgIpc) is 3.85. The number of rotatable bonds is 12. The van der Waals surface area contributed by atoms with Gasteiger partial charge in [-0.25, -0.2) is 9.59 Å². The molecule has 4 aromatic rings. The molecule has 0 amide bonds. The van der Waals surface area contributed by atoms with E-state index < -0.39 is 11.9 Å². The molecule has 0 saturated carbocycles. The fourth-order valence-electron chi connectivity index (χ4n) is 5.31. The fourth-order valence-corrected chi connectivity index (χ4v) is 7.02. The van der Waals surface area contributed by atoms with Gasteiger partial charge < -0.3 is 29.9 Å². The first-order chi connectivity index (χ1) is 22.3. The molecule has 2 aromatic heterocycles. The van der Waals surface area contributed by atoms with Crippen molar-refractivity contribution in [3.05, 3.63) is 70.4 Å². The Morgan fingerprint density at radius 3 is 1.48 bits per heavy atom. The van der Waals surface area contributed by atoms with E-state index in [1.165, 1.54) is 31.3 Å². The molecule has 2 saturated heterocycles. The number of aliphatic hydroxyl groups is 2. The molecule has 2 aliphatic rings. The topological polar surface area (TPSA) is 140 Å². The van der Waals surface area contributed by atoms with Gasteiger partial charge in [0.1, 0.15) is 0 Å². The van der Waals surface area contributed by atoms with Gasteiger partial charge in [-0.2, -0.15) is 0 Å². The van der Waals surface area contributed by atoms with Crippen LogP contribution in [-0.2, 0) is 31.9 Å². The zero-order chi connectivity index (χ0) is 32.7. The van der Waals surface area contributed by atoms with Crippen LogP contribution in [0.1, 0.15) is 24.0 Å². The molecule has 10 nitrogen and oxygen atoms in total. The summed E-state index contributed by atoms with van der Waals surface area (Å²) >= 11 is 3.58. The van der Waals surface area contributed by atoms with Crippen LogP contribution in [-0.4, -0.2) is 120 Å². The fraction of sp³-hybridized carbons (Fsp3) is 0.471. The minimum absolute atomic E-state index is 0.132. The molecule has 0 spiro atoms. The average molecular weight is 673 g/mol. The van der Waals surface area contributed by atoms with Crippen molar-refractivity contribution in [3.63, 3.8) is 0 Å². The van der Waals surface area contributed by atoms with Gasteiger partial charge in [-0.05, 0) is 82.6 Å². The second kappa shape index (κ2) is 19.0. The van der Waals surface area contributed by atoms with Gasteiger partial charge in [0.05, 0.1) is 38.6 Å². The molecule has 2 fully saturated rings. The number of hydrogen-bond donors (Lipinski definition) is 4. The third-order valence-electron chi connectivity index (χ3n) is 7.89. The summed E-state index contributed by atoms with van der Waals surface area (Å²) in [4.78, 5) is 22.7. The van der Waals surface area contributed by atoms with Crippen molar-refractivity contribution in [2.75, 3.05) is 65.7 Å². The monoisotopic (exact) mass is 672 g/mol. The van der Waals surface area contributed by atoms with Gasteiger partial charge in [0.25, 0.3) is 0 Å². The minimum Gasteiger partial charge on any atom is -0.473 e. The lowest BCUT2D eigenvalue weighted by Crippen LogP contribution is -2.26. The summed E-state index contributed by atoms with van der Waals surface area (Å²) in [6, 6.07) is 17.6. The number of carboxylic acids is 2. The van der Waals surface area contributed by atoms with Crippen LogP contribution in [0.15, 0.2) is 59.3 Å². The number of ether oxygens (including phenoxy) is 2. The molecule has 250 valence electrons. The number of hydrogen-bond acceptors (Lipinski definition) is 10. The third-order valence-corrected chi connectivity index (χ3v) is 9.65. The van der Waals surface area contributed by atoms with E-state index in [1.807, 2.05) is 0 Å².